The van der Waals surface area contributed by atoms with Crippen LogP contribution in [0.2, 0.25) is 0 Å². The molecule has 34 heavy (non-hydrogen) atoms. The number of rotatable bonds is 11. The van der Waals surface area contributed by atoms with Gasteiger partial charge in [-0.25, -0.2) is 17.7 Å². The second kappa shape index (κ2) is 11.1. The highest BCUT2D eigenvalue weighted by Gasteiger charge is 2.23. The lowest BCUT2D eigenvalue weighted by molar-refractivity contribution is -0.122. The fraction of sp³-hybridized carbons (Fsp3) is 0.462. The maximum absolute atomic E-state index is 13.0. The van der Waals surface area contributed by atoms with Crippen molar-refractivity contribution in [3.63, 3.8) is 0 Å². The van der Waals surface area contributed by atoms with Gasteiger partial charge in [0.1, 0.15) is 5.82 Å². The predicted octanol–water partition coefficient (Wildman–Crippen LogP) is 4.53. The molecule has 1 unspecified atom stereocenters. The summed E-state index contributed by atoms with van der Waals surface area (Å²) < 4.78 is 28.3. The smallest absolute Gasteiger partial charge is 0.242 e. The number of hydrogen-bond acceptors (Lipinski definition) is 4. The largest absolute Gasteiger partial charge is 0.349 e. The molecule has 0 aliphatic heterocycles. The maximum Gasteiger partial charge on any atom is 0.242 e. The lowest BCUT2D eigenvalue weighted by atomic mass is 9.88. The van der Waals surface area contributed by atoms with Crippen LogP contribution in [-0.2, 0) is 27.8 Å². The van der Waals surface area contributed by atoms with Crippen molar-refractivity contribution in [1.82, 2.24) is 19.2 Å². The summed E-state index contributed by atoms with van der Waals surface area (Å²) in [6.07, 6.45) is 2.77. The quantitative estimate of drug-likeness (QED) is 0.433. The average Bonchev–Trinajstić information content (AvgIpc) is 3.20. The number of amides is 1. The number of carbonyl (C=O) groups excluding carboxylic acids is 1. The van der Waals surface area contributed by atoms with E-state index in [1.165, 1.54) is 18.4 Å². The van der Waals surface area contributed by atoms with Crippen LogP contribution < -0.4 is 5.32 Å². The fourth-order valence-corrected chi connectivity index (χ4v) is 5.36. The zero-order valence-corrected chi connectivity index (χ0v) is 21.6. The maximum atomic E-state index is 13.0. The number of nitrogens with one attached hydrogen (secondary N) is 1. The van der Waals surface area contributed by atoms with Gasteiger partial charge in [-0.3, -0.25) is 4.79 Å². The molecule has 0 bridgehead atoms. The van der Waals surface area contributed by atoms with Crippen LogP contribution >= 0.6 is 0 Å². The fourth-order valence-electron chi connectivity index (χ4n) is 4.44. The molecule has 1 N–H and O–H groups in total. The highest BCUT2D eigenvalue weighted by Crippen LogP contribution is 2.28. The van der Waals surface area contributed by atoms with Gasteiger partial charge in [0.05, 0.1) is 22.0 Å². The van der Waals surface area contributed by atoms with Crippen LogP contribution in [0.15, 0.2) is 53.4 Å². The Morgan fingerprint density at radius 3 is 2.32 bits per heavy atom. The standard InChI is InChI=1S/C26H36N4O3S/c1-6-19(7-2)26(20-12-10-9-11-13-20)28-25(31)17-16-24-27-22-18-21(34(32,33)29(4)5)14-15-23(22)30(24)8-3/h9-15,18-19,26H,6-8,16-17H2,1-5H3,(H,28,31). The van der Waals surface area contributed by atoms with Crippen molar-refractivity contribution in [2.24, 2.45) is 5.92 Å². The number of imidazole rings is 1. The molecule has 0 saturated heterocycles. The van der Waals surface area contributed by atoms with Crippen LogP contribution in [0.1, 0.15) is 57.5 Å². The van der Waals surface area contributed by atoms with Gasteiger partial charge in [0, 0.05) is 33.5 Å². The summed E-state index contributed by atoms with van der Waals surface area (Å²) in [4.78, 5) is 17.9. The van der Waals surface area contributed by atoms with Gasteiger partial charge in [-0.05, 0) is 36.6 Å². The molecule has 2 aromatic carbocycles. The van der Waals surface area contributed by atoms with Crippen molar-refractivity contribution in [3.8, 4) is 0 Å². The first-order chi connectivity index (χ1) is 16.2. The van der Waals surface area contributed by atoms with Crippen molar-refractivity contribution < 1.29 is 13.2 Å². The summed E-state index contributed by atoms with van der Waals surface area (Å²) in [7, 11) is -0.513. The first-order valence-electron chi connectivity index (χ1n) is 12.0. The Labute approximate surface area is 203 Å². The van der Waals surface area contributed by atoms with Crippen LogP contribution in [0.25, 0.3) is 11.0 Å². The zero-order valence-electron chi connectivity index (χ0n) is 20.8. The number of hydrogen-bond donors (Lipinski definition) is 1. The van der Waals surface area contributed by atoms with E-state index in [-0.39, 0.29) is 16.8 Å². The average molecular weight is 485 g/mol. The number of aromatic nitrogens is 2. The van der Waals surface area contributed by atoms with E-state index in [0.29, 0.717) is 30.8 Å². The summed E-state index contributed by atoms with van der Waals surface area (Å²) in [5.74, 6) is 1.14. The van der Waals surface area contributed by atoms with Gasteiger partial charge in [0.15, 0.2) is 0 Å². The molecule has 0 aliphatic rings. The Bertz CT molecular complexity index is 1220. The third kappa shape index (κ3) is 5.50. The van der Waals surface area contributed by atoms with Crippen LogP contribution in [0.4, 0.5) is 0 Å². The Balaban J connectivity index is 1.80. The lowest BCUT2D eigenvalue weighted by Gasteiger charge is -2.27. The van der Waals surface area contributed by atoms with E-state index in [0.717, 1.165) is 29.7 Å². The molecule has 1 amide bonds. The third-order valence-electron chi connectivity index (χ3n) is 6.46. The Morgan fingerprint density at radius 1 is 1.06 bits per heavy atom. The molecule has 1 heterocycles. The molecule has 1 atom stereocenters. The molecule has 0 radical (unpaired) electrons. The number of carbonyl (C=O) groups is 1. The second-order valence-electron chi connectivity index (χ2n) is 8.74. The van der Waals surface area contributed by atoms with Gasteiger partial charge in [-0.1, -0.05) is 57.0 Å². The molecule has 0 spiro atoms. The number of sulfonamides is 1. The van der Waals surface area contributed by atoms with E-state index in [9.17, 15) is 13.2 Å². The Hall–Kier alpha value is -2.71. The lowest BCUT2D eigenvalue weighted by Crippen LogP contribution is -2.33. The van der Waals surface area contributed by atoms with Gasteiger partial charge >= 0.3 is 0 Å². The SMILES string of the molecule is CCC(CC)C(NC(=O)CCc1nc2cc(S(=O)(=O)N(C)C)ccc2n1CC)c1ccccc1. The molecule has 8 heteroatoms. The minimum atomic E-state index is -3.54. The first-order valence-corrected chi connectivity index (χ1v) is 13.4. The van der Waals surface area contributed by atoms with Gasteiger partial charge < -0.3 is 9.88 Å². The first kappa shape index (κ1) is 25.9. The third-order valence-corrected chi connectivity index (χ3v) is 8.28. The molecule has 3 rings (SSSR count). The molecule has 184 valence electrons. The van der Waals surface area contributed by atoms with E-state index in [2.05, 4.69) is 31.3 Å². The minimum absolute atomic E-state index is 0.00802. The van der Waals surface area contributed by atoms with Crippen LogP contribution in [-0.4, -0.2) is 42.3 Å². The van der Waals surface area contributed by atoms with Crippen molar-refractivity contribution >= 4 is 27.0 Å². The summed E-state index contributed by atoms with van der Waals surface area (Å²) in [5.41, 5.74) is 2.62. The number of benzene rings is 2. The van der Waals surface area contributed by atoms with Gasteiger partial charge in [-0.15, -0.1) is 0 Å². The molecule has 0 aliphatic carbocycles. The normalized spacial score (nSPS) is 13.0. The van der Waals surface area contributed by atoms with Gasteiger partial charge in [-0.2, -0.15) is 0 Å². The molecule has 0 fully saturated rings. The topological polar surface area (TPSA) is 84.3 Å². The second-order valence-corrected chi connectivity index (χ2v) is 10.9. The predicted molar refractivity (Wildman–Crippen MR) is 136 cm³/mol. The van der Waals surface area contributed by atoms with Crippen molar-refractivity contribution in [2.75, 3.05) is 14.1 Å². The van der Waals surface area contributed by atoms with E-state index in [1.807, 2.05) is 29.7 Å². The minimum Gasteiger partial charge on any atom is -0.349 e. The zero-order chi connectivity index (χ0) is 24.9. The van der Waals surface area contributed by atoms with Crippen molar-refractivity contribution in [2.45, 2.75) is 63.9 Å². The number of fused-ring (bicyclic) bond motifs is 1. The monoisotopic (exact) mass is 484 g/mol. The molecule has 7 nitrogen and oxygen atoms in total. The Kier molecular flexibility index (Phi) is 8.49. The van der Waals surface area contributed by atoms with Crippen LogP contribution in [0.5, 0.6) is 0 Å². The molecule has 0 saturated carbocycles. The summed E-state index contributed by atoms with van der Waals surface area (Å²) in [6, 6.07) is 15.1. The number of aryl methyl sites for hydroxylation is 2. The number of nitrogens with zero attached hydrogens (tertiary/aromatic N) is 3. The summed E-state index contributed by atoms with van der Waals surface area (Å²) in [5, 5.41) is 3.26. The molecular formula is C26H36N4O3S. The van der Waals surface area contributed by atoms with Crippen LogP contribution in [0, 0.1) is 5.92 Å². The molecule has 1 aromatic heterocycles. The molecule has 3 aromatic rings. The summed E-state index contributed by atoms with van der Waals surface area (Å²) >= 11 is 0. The van der Waals surface area contributed by atoms with Crippen molar-refractivity contribution in [3.05, 3.63) is 59.9 Å². The highest BCUT2D eigenvalue weighted by molar-refractivity contribution is 7.89. The van der Waals surface area contributed by atoms with E-state index in [4.69, 9.17) is 4.98 Å². The van der Waals surface area contributed by atoms with E-state index < -0.39 is 10.0 Å². The van der Waals surface area contributed by atoms with E-state index in [1.54, 1.807) is 18.2 Å². The highest BCUT2D eigenvalue weighted by atomic mass is 32.2. The van der Waals surface area contributed by atoms with Crippen LogP contribution in [0.3, 0.4) is 0 Å². The van der Waals surface area contributed by atoms with Crippen molar-refractivity contribution in [1.29, 1.82) is 0 Å². The van der Waals surface area contributed by atoms with Gasteiger partial charge in [0.25, 0.3) is 0 Å². The van der Waals surface area contributed by atoms with Gasteiger partial charge in [0.2, 0.25) is 15.9 Å². The van der Waals surface area contributed by atoms with E-state index >= 15 is 0 Å². The Morgan fingerprint density at radius 2 is 1.74 bits per heavy atom. The summed E-state index contributed by atoms with van der Waals surface area (Å²) in [6.45, 7) is 7.02. The molecular weight excluding hydrogens is 448 g/mol.